The fourth-order valence-corrected chi connectivity index (χ4v) is 15.6. The molecule has 0 aromatic carbocycles. The van der Waals surface area contributed by atoms with E-state index in [2.05, 4.69) is 73.6 Å². The Hall–Kier alpha value is -2.58. The summed E-state index contributed by atoms with van der Waals surface area (Å²) >= 11 is 0. The highest BCUT2D eigenvalue weighted by atomic mass is 16.7. The van der Waals surface area contributed by atoms with Gasteiger partial charge in [0.2, 0.25) is 0 Å². The van der Waals surface area contributed by atoms with Gasteiger partial charge < -0.3 is 91.1 Å². The van der Waals surface area contributed by atoms with Crippen LogP contribution in [0.5, 0.6) is 0 Å². The molecule has 0 amide bonds. The van der Waals surface area contributed by atoms with E-state index in [1.165, 1.54) is 0 Å². The summed E-state index contributed by atoms with van der Waals surface area (Å²) < 4.78 is 99.9. The number of hydrogen-bond acceptors (Lipinski definition) is 19. The van der Waals surface area contributed by atoms with Crippen molar-refractivity contribution in [2.75, 3.05) is 90.4 Å². The monoisotopic (exact) mass is 1340 g/mol. The summed E-state index contributed by atoms with van der Waals surface area (Å²) in [4.78, 5) is 0. The Balaban J connectivity index is 1.12. The van der Waals surface area contributed by atoms with E-state index in [1.807, 2.05) is 70.2 Å². The van der Waals surface area contributed by atoms with Crippen LogP contribution in [0.25, 0.3) is 0 Å². The molecule has 5 fully saturated rings. The van der Waals surface area contributed by atoms with Crippen molar-refractivity contribution in [3.8, 4) is 0 Å². The topological polar surface area (TPSA) is 208 Å². The maximum Gasteiger partial charge on any atom is 0.186 e. The molecule has 0 aromatic rings. The van der Waals surface area contributed by atoms with Crippen LogP contribution in [0.2, 0.25) is 0 Å². The summed E-state index contributed by atoms with van der Waals surface area (Å²) in [6.45, 7) is 26.0. The molecule has 546 valence electrons. The smallest absolute Gasteiger partial charge is 0.186 e. The van der Waals surface area contributed by atoms with Gasteiger partial charge in [-0.05, 0) is 117 Å². The first kappa shape index (κ1) is 81.4. The Labute approximate surface area is 571 Å². The van der Waals surface area contributed by atoms with Gasteiger partial charge in [0.05, 0.1) is 75.3 Å². The van der Waals surface area contributed by atoms with Crippen LogP contribution in [0.4, 0.5) is 0 Å². The van der Waals surface area contributed by atoms with E-state index in [9.17, 15) is 15.3 Å². The second-order valence-corrected chi connectivity index (χ2v) is 28.0. The van der Waals surface area contributed by atoms with Crippen molar-refractivity contribution in [1.82, 2.24) is 0 Å². The van der Waals surface area contributed by atoms with E-state index in [0.717, 1.165) is 54.4 Å². The standard InChI is InChI=1S/C76H128O19/c1-22-58(80-13)49(10)52-38-55(52)65(77)43(4)28-25-31-46(7)68-71(85-18)61(83-16)41-63(93-68)89-34-36-91-72-62(84-17)42-64(94-69(72)47(8)32-26-29-44(5)66(78)56-39-53(56)50(11)59(23-2)81-14)90-35-37-92-74-70(95-76(88-21)75(87-20)73(74)86-19)48(9)33-27-30-45(6)67(79)57-40-54(57)51(12)60(24-3)82-15/h25-33,38,43-45,49-54,56-79H,22-24,34-37,39-42H2,1-21H3/b28-25+,29-26+,30-27+,46-31+,47-32+,48-33+/t43-,44-,45+,49-,50-,51-,52-,53-,54-,56+,57+,58-,59-,60-,61-,62-,63+,64+,65+,66+,67+,68-,69-,70-,71-,72+,73-,74+,75+,76-/m0/s1. The normalized spacial score (nSPS) is 35.5. The highest BCUT2D eigenvalue weighted by Crippen LogP contribution is 2.51. The second kappa shape index (κ2) is 40.2. The highest BCUT2D eigenvalue weighted by Gasteiger charge is 2.52. The molecule has 95 heavy (non-hydrogen) atoms. The summed E-state index contributed by atoms with van der Waals surface area (Å²) in [5.41, 5.74) is 3.77. The van der Waals surface area contributed by atoms with Gasteiger partial charge >= 0.3 is 0 Å². The van der Waals surface area contributed by atoms with Crippen molar-refractivity contribution in [3.63, 3.8) is 0 Å². The minimum Gasteiger partial charge on any atom is -0.392 e. The van der Waals surface area contributed by atoms with Gasteiger partial charge in [0, 0.05) is 101 Å². The number of aliphatic hydroxyl groups excluding tert-OH is 3. The lowest BCUT2D eigenvalue weighted by atomic mass is 9.90. The average Bonchev–Trinajstić information content (AvgIpc) is 1.77. The average molecular weight is 1350 g/mol. The summed E-state index contributed by atoms with van der Waals surface area (Å²) in [7, 11) is 15.1. The number of rotatable bonds is 43. The quantitative estimate of drug-likeness (QED) is 0.0295. The molecule has 6 aliphatic rings. The molecule has 0 unspecified atom stereocenters. The second-order valence-electron chi connectivity index (χ2n) is 28.0. The minimum atomic E-state index is -0.730. The van der Waals surface area contributed by atoms with Crippen molar-refractivity contribution in [2.24, 2.45) is 65.1 Å². The van der Waals surface area contributed by atoms with Crippen molar-refractivity contribution in [1.29, 1.82) is 0 Å². The molecule has 19 nitrogen and oxygen atoms in total. The molecule has 3 heterocycles. The van der Waals surface area contributed by atoms with Crippen LogP contribution >= 0.6 is 0 Å². The lowest BCUT2D eigenvalue weighted by molar-refractivity contribution is -0.301. The van der Waals surface area contributed by atoms with Crippen molar-refractivity contribution in [3.05, 3.63) is 83.1 Å². The number of allylic oxidation sites excluding steroid dienone is 7. The van der Waals surface area contributed by atoms with Gasteiger partial charge in [0.25, 0.3) is 0 Å². The first-order chi connectivity index (χ1) is 45.6. The first-order valence-corrected chi connectivity index (χ1v) is 35.6. The van der Waals surface area contributed by atoms with Crippen LogP contribution in [-0.2, 0) is 75.8 Å². The lowest BCUT2D eigenvalue weighted by Gasteiger charge is -2.45. The Morgan fingerprint density at radius 1 is 0.442 bits per heavy atom. The largest absolute Gasteiger partial charge is 0.392 e. The van der Waals surface area contributed by atoms with E-state index in [-0.39, 0.29) is 92.5 Å². The molecule has 0 aromatic heterocycles. The van der Waals surface area contributed by atoms with Crippen LogP contribution in [0.15, 0.2) is 83.1 Å². The predicted octanol–water partition coefficient (Wildman–Crippen LogP) is 11.0. The number of ether oxygens (including phenoxy) is 16. The lowest BCUT2D eigenvalue weighted by Crippen LogP contribution is -2.60. The van der Waals surface area contributed by atoms with Crippen molar-refractivity contribution >= 4 is 0 Å². The van der Waals surface area contributed by atoms with Crippen LogP contribution < -0.4 is 0 Å². The van der Waals surface area contributed by atoms with Gasteiger partial charge in [-0.25, -0.2) is 0 Å². The molecule has 0 spiro atoms. The molecule has 6 rings (SSSR count). The molecule has 3 N–H and O–H groups in total. The minimum absolute atomic E-state index is 0.0612. The van der Waals surface area contributed by atoms with E-state index < -0.39 is 86.0 Å². The van der Waals surface area contributed by atoms with E-state index in [1.54, 1.807) is 64.0 Å². The predicted molar refractivity (Wildman–Crippen MR) is 367 cm³/mol. The van der Waals surface area contributed by atoms with Crippen LogP contribution in [0.1, 0.15) is 128 Å². The fraction of sp³-hybridized carbons (Fsp3) is 0.816. The molecule has 0 bridgehead atoms. The van der Waals surface area contributed by atoms with Crippen LogP contribution in [0, 0.1) is 65.1 Å². The molecule has 0 radical (unpaired) electrons. The zero-order valence-electron chi connectivity index (χ0n) is 61.7. The van der Waals surface area contributed by atoms with Crippen molar-refractivity contribution in [2.45, 2.75) is 245 Å². The molecular formula is C76H128O19. The highest BCUT2D eigenvalue weighted by molar-refractivity contribution is 5.36. The number of aliphatic hydroxyl groups is 3. The third-order valence-electron chi connectivity index (χ3n) is 22.0. The number of hydrogen-bond donors (Lipinski definition) is 3. The van der Waals surface area contributed by atoms with Crippen LogP contribution in [-0.4, -0.2) is 222 Å². The van der Waals surface area contributed by atoms with E-state index >= 15 is 0 Å². The SMILES string of the molecule is CC[C@H](OC)[C@@H](C)[C@@H]1C=C1[C@H](O)[C@@H](C)/C=C/C=C(\C)[C@@H]1O[C@@H](OCCO[C@@H]2[C@@H](OC)C[C@H](OCCO[C@H]3[C@H](OC)[C@@H](OC)[C@@H](OC)O[C@H]3/C(C)=C/C=C/[C@@H](C)[C@@H](O)[C@@H]3C[C@H]3[C@H](C)[C@H](CC)OC)O[C@H]2/C(C)=C/C=C/[C@H](C)[C@@H](O)[C@@H]2C[C@H]2[C@H](C)[C@H](CC)OC)C[C@H](OC)[C@@H]1OC. The molecule has 19 heteroatoms. The summed E-state index contributed by atoms with van der Waals surface area (Å²) in [6.07, 6.45) is 17.8. The molecule has 3 saturated heterocycles. The van der Waals surface area contributed by atoms with Gasteiger partial charge in [0.1, 0.15) is 48.8 Å². The van der Waals surface area contributed by atoms with Gasteiger partial charge in [-0.15, -0.1) is 0 Å². The van der Waals surface area contributed by atoms with Gasteiger partial charge in [-0.1, -0.05) is 123 Å². The van der Waals surface area contributed by atoms with Crippen LogP contribution in [0.3, 0.4) is 0 Å². The molecular weight excluding hydrogens is 1220 g/mol. The summed E-state index contributed by atoms with van der Waals surface area (Å²) in [5.74, 6) is 2.40. The molecule has 30 atom stereocenters. The summed E-state index contributed by atoms with van der Waals surface area (Å²) in [5, 5.41) is 34.2. The Morgan fingerprint density at radius 3 is 1.24 bits per heavy atom. The van der Waals surface area contributed by atoms with E-state index in [0.29, 0.717) is 42.4 Å². The fourth-order valence-electron chi connectivity index (χ4n) is 15.6. The Morgan fingerprint density at radius 2 is 0.832 bits per heavy atom. The third-order valence-corrected chi connectivity index (χ3v) is 22.0. The zero-order valence-corrected chi connectivity index (χ0v) is 61.7. The molecule has 2 saturated carbocycles. The van der Waals surface area contributed by atoms with Crippen molar-refractivity contribution < 1.29 is 91.1 Å². The van der Waals surface area contributed by atoms with E-state index in [4.69, 9.17) is 75.8 Å². The van der Waals surface area contributed by atoms with Gasteiger partial charge in [-0.3, -0.25) is 0 Å². The third kappa shape index (κ3) is 21.7. The maximum atomic E-state index is 11.5. The summed E-state index contributed by atoms with van der Waals surface area (Å²) in [6, 6.07) is 0. The van der Waals surface area contributed by atoms with Gasteiger partial charge in [0.15, 0.2) is 18.9 Å². The molecule has 3 aliphatic heterocycles. The zero-order chi connectivity index (χ0) is 69.8. The molecule has 3 aliphatic carbocycles. The number of methoxy groups -OCH3 is 9. The Kier molecular flexibility index (Phi) is 34.4. The first-order valence-electron chi connectivity index (χ1n) is 35.6. The Bertz CT molecular complexity index is 2430. The van der Waals surface area contributed by atoms with Gasteiger partial charge in [-0.2, -0.15) is 0 Å². The maximum absolute atomic E-state index is 11.5.